The molecule has 6 aromatic rings. The number of nitro groups is 1. The van der Waals surface area contributed by atoms with Crippen LogP contribution in [0, 0.1) is 10.1 Å². The van der Waals surface area contributed by atoms with Crippen molar-refractivity contribution < 1.29 is 81.3 Å². The molecule has 1 radical (unpaired) electrons. The van der Waals surface area contributed by atoms with E-state index in [4.69, 9.17) is 0 Å². The number of rotatable bonds is 13. The largest absolute Gasteiger partial charge is 0.508 e. The van der Waals surface area contributed by atoms with Crippen LogP contribution in [0.3, 0.4) is 0 Å². The SMILES string of the molecule is O=[N+]([O-])c1ccc(/C=C/c2ccc(N=Nc3cc(O)c(N=Nc4c(S(=O)(=O)O)cc5cc(N=Nc6ccc(O)cc6)ccc5c4O)cc3CO)cc2S(=O)(=O)O)c(S(=O)(=O)O)c1.[Cu]. The number of hydrogen-bond donors (Lipinski definition) is 7. The second-order valence-corrected chi connectivity index (χ2v) is 16.9. The Morgan fingerprint density at radius 2 is 1.10 bits per heavy atom. The number of fused-ring (bicyclic) bond motifs is 1. The minimum absolute atomic E-state index is 0. The fourth-order valence-corrected chi connectivity index (χ4v) is 7.64. The summed E-state index contributed by atoms with van der Waals surface area (Å²) in [5.74, 6) is -1.37. The van der Waals surface area contributed by atoms with E-state index in [2.05, 4.69) is 30.7 Å². The van der Waals surface area contributed by atoms with Crippen molar-refractivity contribution in [1.29, 1.82) is 0 Å². The molecule has 0 saturated heterocycles. The fraction of sp³-hybridized carbons (Fsp3) is 0.0270. The van der Waals surface area contributed by atoms with Crippen molar-refractivity contribution in [3.63, 3.8) is 0 Å². The van der Waals surface area contributed by atoms with Crippen molar-refractivity contribution in [2.75, 3.05) is 0 Å². The average molecular weight is 969 g/mol. The molecule has 0 bridgehead atoms. The van der Waals surface area contributed by atoms with Gasteiger partial charge >= 0.3 is 0 Å². The van der Waals surface area contributed by atoms with E-state index in [0.29, 0.717) is 11.8 Å². The standard InChI is InChI=1S/C37H27N7O15S3.Cu/c45-19-23-14-31(42-43-36-35(62(57,58)59)15-22-13-25(8-12-29(22)37(36)48)39-38-24-6-10-28(46)11-7-24)32(47)18-30(23)41-40-26-5-3-20(33(16-26)60(51,52)53)1-2-21-4-9-27(44(49)50)17-34(21)61(54,55)56;/h1-18,45-48H,19H2,(H,51,52,53)(H,54,55,56)(H,57,58,59);/b2-1+,39-38?,41-40?,43-42?;. The smallest absolute Gasteiger partial charge is 0.296 e. The third-order valence-electron chi connectivity index (χ3n) is 8.52. The predicted octanol–water partition coefficient (Wildman–Crippen LogP) is 8.51. The van der Waals surface area contributed by atoms with Gasteiger partial charge in [-0.2, -0.15) is 45.7 Å². The molecule has 63 heavy (non-hydrogen) atoms. The molecule has 0 fully saturated rings. The molecule has 0 aliphatic heterocycles. The van der Waals surface area contributed by atoms with Crippen molar-refractivity contribution in [2.24, 2.45) is 30.7 Å². The first-order valence-corrected chi connectivity index (χ1v) is 21.3. The molecule has 0 aliphatic rings. The van der Waals surface area contributed by atoms with E-state index in [-0.39, 0.29) is 73.0 Å². The Kier molecular flexibility index (Phi) is 13.9. The molecule has 0 unspecified atom stereocenters. The molecule has 26 heteroatoms. The zero-order valence-corrected chi connectivity index (χ0v) is 34.5. The molecule has 0 aliphatic carbocycles. The summed E-state index contributed by atoms with van der Waals surface area (Å²) in [4.78, 5) is 7.74. The van der Waals surface area contributed by atoms with Crippen molar-refractivity contribution in [1.82, 2.24) is 0 Å². The van der Waals surface area contributed by atoms with Crippen molar-refractivity contribution >= 4 is 93.1 Å². The maximum atomic E-state index is 12.4. The Morgan fingerprint density at radius 3 is 1.70 bits per heavy atom. The van der Waals surface area contributed by atoms with Gasteiger partial charge in [0.25, 0.3) is 36.0 Å². The third-order valence-corrected chi connectivity index (χ3v) is 11.2. The second-order valence-electron chi connectivity index (χ2n) is 12.7. The second kappa shape index (κ2) is 18.6. The summed E-state index contributed by atoms with van der Waals surface area (Å²) in [5.41, 5.74) is -2.07. The first kappa shape index (κ1) is 47.2. The summed E-state index contributed by atoms with van der Waals surface area (Å²) >= 11 is 0. The number of aliphatic hydroxyl groups excluding tert-OH is 1. The van der Waals surface area contributed by atoms with Gasteiger partial charge < -0.3 is 20.4 Å². The Hall–Kier alpha value is -6.87. The molecule has 22 nitrogen and oxygen atoms in total. The number of aromatic hydroxyl groups is 3. The number of hydrogen-bond acceptors (Lipinski definition) is 18. The molecule has 0 spiro atoms. The van der Waals surface area contributed by atoms with Crippen LogP contribution in [0.4, 0.5) is 39.8 Å². The number of nitrogens with zero attached hydrogens (tertiary/aromatic N) is 7. The van der Waals surface area contributed by atoms with Crippen LogP contribution in [-0.4, -0.2) is 64.3 Å². The molecule has 0 aromatic heterocycles. The zero-order valence-electron chi connectivity index (χ0n) is 31.2. The first-order valence-electron chi connectivity index (χ1n) is 17.0. The number of benzene rings is 6. The van der Waals surface area contributed by atoms with Gasteiger partial charge in [0.2, 0.25) is 0 Å². The normalized spacial score (nSPS) is 12.5. The number of non-ortho nitro benzene ring substituents is 1. The van der Waals surface area contributed by atoms with E-state index in [9.17, 15) is 69.5 Å². The van der Waals surface area contributed by atoms with Gasteiger partial charge in [-0.3, -0.25) is 23.8 Å². The van der Waals surface area contributed by atoms with Gasteiger partial charge in [0.15, 0.2) is 5.75 Å². The molecular weight excluding hydrogens is 942 g/mol. The predicted molar refractivity (Wildman–Crippen MR) is 218 cm³/mol. The molecule has 6 aromatic carbocycles. The van der Waals surface area contributed by atoms with Crippen LogP contribution in [0.5, 0.6) is 17.2 Å². The van der Waals surface area contributed by atoms with Gasteiger partial charge in [0.1, 0.15) is 37.6 Å². The summed E-state index contributed by atoms with van der Waals surface area (Å²) in [5, 5.41) is 76.2. The van der Waals surface area contributed by atoms with Crippen LogP contribution in [-0.2, 0) is 54.0 Å². The monoisotopic (exact) mass is 968 g/mol. The summed E-state index contributed by atoms with van der Waals surface area (Å²) < 4.78 is 103. The van der Waals surface area contributed by atoms with Crippen LogP contribution in [0.15, 0.2) is 142 Å². The van der Waals surface area contributed by atoms with E-state index in [0.717, 1.165) is 54.6 Å². The minimum Gasteiger partial charge on any atom is -0.508 e. The maximum absolute atomic E-state index is 12.4. The van der Waals surface area contributed by atoms with Gasteiger partial charge in [0, 0.05) is 46.2 Å². The van der Waals surface area contributed by atoms with Crippen molar-refractivity contribution in [2.45, 2.75) is 21.3 Å². The maximum Gasteiger partial charge on any atom is 0.296 e. The van der Waals surface area contributed by atoms with Gasteiger partial charge in [0.05, 0.1) is 34.3 Å². The van der Waals surface area contributed by atoms with Crippen LogP contribution >= 0.6 is 0 Å². The Balaban J connectivity index is 0.00000748. The van der Waals surface area contributed by atoms with Gasteiger partial charge in [-0.25, -0.2) is 0 Å². The molecule has 7 N–H and O–H groups in total. The van der Waals surface area contributed by atoms with Gasteiger partial charge in [-0.15, -0.1) is 10.2 Å². The van der Waals surface area contributed by atoms with Crippen LogP contribution in [0.2, 0.25) is 0 Å². The number of aliphatic hydroxyl groups is 1. The number of azo groups is 3. The van der Waals surface area contributed by atoms with E-state index in [1.807, 2.05) is 0 Å². The van der Waals surface area contributed by atoms with Gasteiger partial charge in [-0.1, -0.05) is 18.2 Å². The van der Waals surface area contributed by atoms with Crippen molar-refractivity contribution in [3.8, 4) is 17.2 Å². The Morgan fingerprint density at radius 1 is 0.571 bits per heavy atom. The molecule has 0 saturated carbocycles. The van der Waals surface area contributed by atoms with E-state index < -0.39 is 79.4 Å². The number of phenols is 3. The van der Waals surface area contributed by atoms with Crippen molar-refractivity contribution in [3.05, 3.63) is 124 Å². The van der Waals surface area contributed by atoms with E-state index in [1.165, 1.54) is 48.5 Å². The van der Waals surface area contributed by atoms with Crippen LogP contribution in [0.1, 0.15) is 16.7 Å². The quantitative estimate of drug-likeness (QED) is 0.0142. The number of nitro benzene ring substituents is 1. The van der Waals surface area contributed by atoms with E-state index >= 15 is 0 Å². The summed E-state index contributed by atoms with van der Waals surface area (Å²) in [6.45, 7) is -0.755. The molecule has 329 valence electrons. The molecule has 6 rings (SSSR count). The summed E-state index contributed by atoms with van der Waals surface area (Å²) in [6, 6.07) is 18.7. The zero-order chi connectivity index (χ0) is 45.1. The molecule has 0 heterocycles. The summed E-state index contributed by atoms with van der Waals surface area (Å²) in [6.07, 6.45) is 2.06. The molecular formula is C37H27CuN7O15S3. The number of phenolic OH excluding ortho intramolecular Hbond substituents is 3. The fourth-order valence-electron chi connectivity index (χ4n) is 5.58. The molecule has 0 atom stereocenters. The Bertz CT molecular complexity index is 3270. The average Bonchev–Trinajstić information content (AvgIpc) is 3.20. The third kappa shape index (κ3) is 11.2. The van der Waals surface area contributed by atoms with Crippen LogP contribution in [0.25, 0.3) is 22.9 Å². The first-order chi connectivity index (χ1) is 29.1. The summed E-state index contributed by atoms with van der Waals surface area (Å²) in [7, 11) is -15.0. The van der Waals surface area contributed by atoms with E-state index in [1.54, 1.807) is 0 Å². The molecule has 0 amide bonds. The van der Waals surface area contributed by atoms with Crippen LogP contribution < -0.4 is 0 Å². The topological polar surface area (TPSA) is 361 Å². The van der Waals surface area contributed by atoms with Gasteiger partial charge in [-0.05, 0) is 89.3 Å². The minimum atomic E-state index is -5.06. The Labute approximate surface area is 365 Å².